The lowest BCUT2D eigenvalue weighted by Gasteiger charge is -2.70. The molecule has 0 aromatic heterocycles. The molecule has 0 aromatic rings. The predicted octanol–water partition coefficient (Wildman–Crippen LogP) is 3.60. The minimum absolute atomic E-state index is 0.124. The van der Waals surface area contributed by atoms with Gasteiger partial charge in [-0.25, -0.2) is 4.79 Å². The molecule has 102 valence electrons. The molecular formula is C14H22INO2. The number of ether oxygens (including phenoxy) is 1. The van der Waals surface area contributed by atoms with Crippen molar-refractivity contribution < 1.29 is 9.53 Å². The fraction of sp³-hybridized carbons (Fsp3) is 0.929. The molecule has 1 atom stereocenters. The maximum Gasteiger partial charge on any atom is 0.410 e. The van der Waals surface area contributed by atoms with Crippen molar-refractivity contribution in [3.8, 4) is 0 Å². The second-order valence-electron chi connectivity index (χ2n) is 7.46. The molecule has 4 rings (SSSR count). The van der Waals surface area contributed by atoms with Gasteiger partial charge in [0.1, 0.15) is 5.60 Å². The van der Waals surface area contributed by atoms with E-state index >= 15 is 0 Å². The quantitative estimate of drug-likeness (QED) is 0.526. The van der Waals surface area contributed by atoms with Crippen molar-refractivity contribution in [2.45, 2.75) is 55.5 Å². The maximum atomic E-state index is 12.0. The molecule has 1 saturated heterocycles. The van der Waals surface area contributed by atoms with Crippen LogP contribution in [-0.2, 0) is 4.74 Å². The zero-order valence-corrected chi connectivity index (χ0v) is 13.6. The number of likely N-dealkylation sites (tertiary alicyclic amines) is 1. The summed E-state index contributed by atoms with van der Waals surface area (Å²) in [6, 6.07) is 0. The smallest absolute Gasteiger partial charge is 0.410 e. The van der Waals surface area contributed by atoms with Gasteiger partial charge in [0.2, 0.25) is 0 Å². The Kier molecular flexibility index (Phi) is 2.72. The fourth-order valence-electron chi connectivity index (χ4n) is 3.92. The molecule has 2 bridgehead atoms. The molecule has 0 radical (unpaired) electrons. The van der Waals surface area contributed by atoms with Crippen molar-refractivity contribution >= 4 is 28.7 Å². The zero-order chi connectivity index (χ0) is 13.2. The van der Waals surface area contributed by atoms with Crippen LogP contribution in [0, 0.1) is 11.3 Å². The zero-order valence-electron chi connectivity index (χ0n) is 11.5. The van der Waals surface area contributed by atoms with Gasteiger partial charge in [0, 0.05) is 16.5 Å². The van der Waals surface area contributed by atoms with Gasteiger partial charge in [0.05, 0.1) is 0 Å². The van der Waals surface area contributed by atoms with E-state index in [-0.39, 0.29) is 11.7 Å². The Morgan fingerprint density at radius 1 is 1.33 bits per heavy atom. The standard InChI is InChI=1S/C14H22INO2/c1-12(2,3)18-11(17)16-5-4-10(6-16)13-7-14(15,8-13)9-13/h10H,4-9H2,1-3H3. The minimum Gasteiger partial charge on any atom is -0.444 e. The molecule has 1 unspecified atom stereocenters. The van der Waals surface area contributed by atoms with Crippen LogP contribution in [0.3, 0.4) is 0 Å². The van der Waals surface area contributed by atoms with Crippen molar-refractivity contribution in [3.63, 3.8) is 0 Å². The third-order valence-electron chi connectivity index (χ3n) is 4.71. The summed E-state index contributed by atoms with van der Waals surface area (Å²) < 4.78 is 6.09. The summed E-state index contributed by atoms with van der Waals surface area (Å²) in [6.07, 6.45) is 5.20. The van der Waals surface area contributed by atoms with Crippen LogP contribution in [0.5, 0.6) is 0 Å². The van der Waals surface area contributed by atoms with Gasteiger partial charge in [-0.15, -0.1) is 0 Å². The molecule has 0 N–H and O–H groups in total. The number of hydrogen-bond donors (Lipinski definition) is 0. The maximum absolute atomic E-state index is 12.0. The average molecular weight is 363 g/mol. The number of carbonyl (C=O) groups excluding carboxylic acids is 1. The topological polar surface area (TPSA) is 29.5 Å². The first kappa shape index (κ1) is 13.0. The van der Waals surface area contributed by atoms with E-state index in [0.717, 1.165) is 19.0 Å². The Morgan fingerprint density at radius 3 is 2.44 bits per heavy atom. The van der Waals surface area contributed by atoms with Crippen LogP contribution in [0.25, 0.3) is 0 Å². The van der Waals surface area contributed by atoms with Gasteiger partial charge in [-0.2, -0.15) is 0 Å². The van der Waals surface area contributed by atoms with Crippen molar-refractivity contribution in [1.29, 1.82) is 0 Å². The van der Waals surface area contributed by atoms with Crippen LogP contribution >= 0.6 is 22.6 Å². The largest absolute Gasteiger partial charge is 0.444 e. The van der Waals surface area contributed by atoms with Crippen molar-refractivity contribution in [2.75, 3.05) is 13.1 Å². The molecule has 3 nitrogen and oxygen atoms in total. The summed E-state index contributed by atoms with van der Waals surface area (Å²) in [5.74, 6) is 0.724. The Morgan fingerprint density at radius 2 is 1.94 bits per heavy atom. The minimum atomic E-state index is -0.377. The molecule has 4 heteroatoms. The fourth-order valence-corrected chi connectivity index (χ4v) is 6.20. The molecular weight excluding hydrogens is 341 g/mol. The summed E-state index contributed by atoms with van der Waals surface area (Å²) in [5.41, 5.74) is 0.218. The first-order valence-corrected chi connectivity index (χ1v) is 7.96. The van der Waals surface area contributed by atoms with Crippen LogP contribution in [0.2, 0.25) is 0 Å². The lowest BCUT2D eigenvalue weighted by molar-refractivity contribution is -0.110. The monoisotopic (exact) mass is 363 g/mol. The van der Waals surface area contributed by atoms with Crippen LogP contribution in [0.1, 0.15) is 46.5 Å². The molecule has 0 spiro atoms. The number of amides is 1. The average Bonchev–Trinajstić information content (AvgIpc) is 2.57. The second-order valence-corrected chi connectivity index (χ2v) is 9.74. The van der Waals surface area contributed by atoms with Crippen LogP contribution in [0.15, 0.2) is 0 Å². The number of alkyl halides is 1. The molecule has 1 heterocycles. The Hall–Kier alpha value is 0. The highest BCUT2D eigenvalue weighted by Gasteiger charge is 2.69. The van der Waals surface area contributed by atoms with Crippen molar-refractivity contribution in [1.82, 2.24) is 4.90 Å². The first-order valence-electron chi connectivity index (χ1n) is 6.88. The normalized spacial score (nSPS) is 42.2. The van der Waals surface area contributed by atoms with E-state index in [9.17, 15) is 4.79 Å². The highest BCUT2D eigenvalue weighted by molar-refractivity contribution is 14.1. The van der Waals surface area contributed by atoms with Gasteiger partial charge in [-0.3, -0.25) is 0 Å². The number of rotatable bonds is 1. The molecule has 1 amide bonds. The number of halogens is 1. The van der Waals surface area contributed by atoms with Crippen LogP contribution < -0.4 is 0 Å². The number of hydrogen-bond acceptors (Lipinski definition) is 2. The van der Waals surface area contributed by atoms with Gasteiger partial charge >= 0.3 is 6.09 Å². The van der Waals surface area contributed by atoms with Gasteiger partial charge in [-0.1, -0.05) is 22.6 Å². The Labute approximate surface area is 123 Å². The van der Waals surface area contributed by atoms with E-state index in [1.807, 2.05) is 25.7 Å². The summed E-state index contributed by atoms with van der Waals surface area (Å²) in [4.78, 5) is 13.9. The lowest BCUT2D eigenvalue weighted by atomic mass is 9.40. The second kappa shape index (κ2) is 3.76. The third kappa shape index (κ3) is 2.04. The summed E-state index contributed by atoms with van der Waals surface area (Å²) in [6.45, 7) is 7.59. The number of nitrogens with zero attached hydrogens (tertiary/aromatic N) is 1. The molecule has 18 heavy (non-hydrogen) atoms. The Bertz CT molecular complexity index is 368. The summed E-state index contributed by atoms with van der Waals surface area (Å²) in [5, 5.41) is 0. The first-order chi connectivity index (χ1) is 8.22. The molecule has 4 fully saturated rings. The summed E-state index contributed by atoms with van der Waals surface area (Å²) in [7, 11) is 0. The third-order valence-corrected chi connectivity index (χ3v) is 5.86. The molecule has 3 aliphatic carbocycles. The van der Waals surface area contributed by atoms with Crippen molar-refractivity contribution in [2.24, 2.45) is 11.3 Å². The number of carbonyl (C=O) groups is 1. The van der Waals surface area contributed by atoms with Crippen LogP contribution in [-0.4, -0.2) is 33.1 Å². The molecule has 4 aliphatic rings. The van der Waals surface area contributed by atoms with Gasteiger partial charge in [0.15, 0.2) is 0 Å². The van der Waals surface area contributed by atoms with E-state index in [4.69, 9.17) is 4.74 Å². The highest BCUT2D eigenvalue weighted by atomic mass is 127. The van der Waals surface area contributed by atoms with E-state index in [0.29, 0.717) is 8.84 Å². The SMILES string of the molecule is CC(C)(C)OC(=O)N1CCC(C23CC(I)(C2)C3)C1. The Balaban J connectivity index is 1.55. The van der Waals surface area contributed by atoms with Crippen LogP contribution in [0.4, 0.5) is 4.79 Å². The van der Waals surface area contributed by atoms with E-state index in [1.165, 1.54) is 25.7 Å². The van der Waals surface area contributed by atoms with E-state index in [1.54, 1.807) is 0 Å². The van der Waals surface area contributed by atoms with Crippen molar-refractivity contribution in [3.05, 3.63) is 0 Å². The van der Waals surface area contributed by atoms with Gasteiger partial charge < -0.3 is 9.64 Å². The van der Waals surface area contributed by atoms with Gasteiger partial charge in [-0.05, 0) is 57.8 Å². The lowest BCUT2D eigenvalue weighted by Crippen LogP contribution is -2.66. The molecule has 3 saturated carbocycles. The summed E-state index contributed by atoms with van der Waals surface area (Å²) >= 11 is 2.62. The predicted molar refractivity (Wildman–Crippen MR) is 78.9 cm³/mol. The van der Waals surface area contributed by atoms with E-state index < -0.39 is 0 Å². The molecule has 1 aliphatic heterocycles. The highest BCUT2D eigenvalue weighted by Crippen LogP contribution is 2.75. The van der Waals surface area contributed by atoms with Gasteiger partial charge in [0.25, 0.3) is 0 Å². The van der Waals surface area contributed by atoms with E-state index in [2.05, 4.69) is 22.6 Å². The molecule has 0 aromatic carbocycles.